The average Bonchev–Trinajstić information content (AvgIpc) is 2.69. The van der Waals surface area contributed by atoms with Gasteiger partial charge >= 0.3 is 0 Å². The van der Waals surface area contributed by atoms with Gasteiger partial charge in [0.1, 0.15) is 5.82 Å². The summed E-state index contributed by atoms with van der Waals surface area (Å²) in [5.41, 5.74) is 8.28. The first kappa shape index (κ1) is 14.0. The third kappa shape index (κ3) is 2.33. The summed E-state index contributed by atoms with van der Waals surface area (Å²) in [7, 11) is 2.05. The van der Waals surface area contributed by atoms with Crippen molar-refractivity contribution in [1.82, 2.24) is 4.90 Å². The molecule has 2 unspecified atom stereocenters. The first-order chi connectivity index (χ1) is 8.45. The zero-order valence-corrected chi connectivity index (χ0v) is 12.7. The Balaban J connectivity index is 2.45. The van der Waals surface area contributed by atoms with Crippen molar-refractivity contribution in [3.8, 4) is 0 Å². The highest BCUT2D eigenvalue weighted by atomic mass is 79.9. The maximum Gasteiger partial charge on any atom is 0.131 e. The van der Waals surface area contributed by atoms with Crippen molar-refractivity contribution in [2.75, 3.05) is 20.1 Å². The van der Waals surface area contributed by atoms with E-state index in [-0.39, 0.29) is 11.9 Å². The SMILES string of the molecule is Cc1cc(Br)c(C)c(C2CC(CN)CN2C)c1F. The number of hydrogen-bond acceptors (Lipinski definition) is 2. The first-order valence-corrected chi connectivity index (χ1v) is 7.10. The van der Waals surface area contributed by atoms with Crippen molar-refractivity contribution in [2.45, 2.75) is 26.3 Å². The van der Waals surface area contributed by atoms with Gasteiger partial charge in [0, 0.05) is 22.6 Å². The molecule has 1 aromatic rings. The molecule has 1 aromatic carbocycles. The van der Waals surface area contributed by atoms with E-state index in [4.69, 9.17) is 5.73 Å². The Labute approximate surface area is 116 Å². The summed E-state index contributed by atoms with van der Waals surface area (Å²) >= 11 is 3.52. The third-order valence-corrected chi connectivity index (χ3v) is 4.81. The summed E-state index contributed by atoms with van der Waals surface area (Å²) < 4.78 is 15.4. The molecule has 0 amide bonds. The quantitative estimate of drug-likeness (QED) is 0.908. The van der Waals surface area contributed by atoms with Crippen molar-refractivity contribution in [3.05, 3.63) is 33.0 Å². The minimum Gasteiger partial charge on any atom is -0.330 e. The van der Waals surface area contributed by atoms with E-state index in [9.17, 15) is 4.39 Å². The second kappa shape index (κ2) is 5.27. The highest BCUT2D eigenvalue weighted by Crippen LogP contribution is 2.39. The zero-order chi connectivity index (χ0) is 13.4. The van der Waals surface area contributed by atoms with Gasteiger partial charge < -0.3 is 5.73 Å². The summed E-state index contributed by atoms with van der Waals surface area (Å²) in [6.07, 6.45) is 0.945. The minimum absolute atomic E-state index is 0.0646. The Bertz CT molecular complexity index is 435. The molecule has 0 radical (unpaired) electrons. The van der Waals surface area contributed by atoms with Crippen molar-refractivity contribution >= 4 is 15.9 Å². The Hall–Kier alpha value is -0.450. The molecule has 0 saturated carbocycles. The second-order valence-corrected chi connectivity index (χ2v) is 6.18. The molecule has 1 heterocycles. The molecule has 100 valence electrons. The fourth-order valence-corrected chi connectivity index (χ4v) is 3.43. The van der Waals surface area contributed by atoms with E-state index in [0.29, 0.717) is 18.0 Å². The molecule has 4 heteroatoms. The lowest BCUT2D eigenvalue weighted by atomic mass is 9.94. The maximum atomic E-state index is 14.4. The van der Waals surface area contributed by atoms with Gasteiger partial charge in [-0.25, -0.2) is 4.39 Å². The van der Waals surface area contributed by atoms with E-state index in [1.807, 2.05) is 19.9 Å². The molecule has 2 N–H and O–H groups in total. The predicted octanol–water partition coefficient (Wildman–Crippen LogP) is 3.16. The molecule has 1 saturated heterocycles. The van der Waals surface area contributed by atoms with Gasteiger partial charge in [-0.1, -0.05) is 15.9 Å². The number of nitrogens with two attached hydrogens (primary N) is 1. The number of likely N-dealkylation sites (tertiary alicyclic amines) is 1. The highest BCUT2D eigenvalue weighted by molar-refractivity contribution is 9.10. The van der Waals surface area contributed by atoms with Crippen LogP contribution in [0.3, 0.4) is 0 Å². The Morgan fingerprint density at radius 1 is 1.50 bits per heavy atom. The lowest BCUT2D eigenvalue weighted by Crippen LogP contribution is -2.21. The molecule has 1 aliphatic heterocycles. The van der Waals surface area contributed by atoms with Gasteiger partial charge in [0.05, 0.1) is 0 Å². The molecule has 2 rings (SSSR count). The van der Waals surface area contributed by atoms with Crippen LogP contribution in [0.2, 0.25) is 0 Å². The summed E-state index contributed by atoms with van der Waals surface area (Å²) in [5, 5.41) is 0. The summed E-state index contributed by atoms with van der Waals surface area (Å²) in [4.78, 5) is 2.22. The molecule has 2 nitrogen and oxygen atoms in total. The standard InChI is InChI=1S/C14H20BrFN2/c1-8-4-11(15)9(2)13(14(8)16)12-5-10(6-17)7-18(12)3/h4,10,12H,5-7,17H2,1-3H3. The van der Waals surface area contributed by atoms with Gasteiger partial charge in [0.15, 0.2) is 0 Å². The first-order valence-electron chi connectivity index (χ1n) is 6.31. The van der Waals surface area contributed by atoms with Crippen LogP contribution in [0.15, 0.2) is 10.5 Å². The largest absolute Gasteiger partial charge is 0.330 e. The zero-order valence-electron chi connectivity index (χ0n) is 11.1. The third-order valence-electron chi connectivity index (χ3n) is 3.99. The fourth-order valence-electron chi connectivity index (χ4n) is 2.88. The molecule has 18 heavy (non-hydrogen) atoms. The Morgan fingerprint density at radius 3 is 2.72 bits per heavy atom. The van der Waals surface area contributed by atoms with E-state index >= 15 is 0 Å². The van der Waals surface area contributed by atoms with Crippen LogP contribution in [-0.2, 0) is 0 Å². The van der Waals surface area contributed by atoms with E-state index in [2.05, 4.69) is 27.9 Å². The topological polar surface area (TPSA) is 29.3 Å². The lowest BCUT2D eigenvalue weighted by molar-refractivity contribution is 0.305. The van der Waals surface area contributed by atoms with E-state index in [1.54, 1.807) is 0 Å². The molecule has 0 bridgehead atoms. The van der Waals surface area contributed by atoms with Crippen LogP contribution in [0, 0.1) is 25.6 Å². The van der Waals surface area contributed by atoms with Crippen molar-refractivity contribution in [2.24, 2.45) is 11.7 Å². The Kier molecular flexibility index (Phi) is 4.09. The second-order valence-electron chi connectivity index (χ2n) is 5.32. The van der Waals surface area contributed by atoms with Crippen LogP contribution in [0.1, 0.15) is 29.2 Å². The minimum atomic E-state index is -0.0646. The van der Waals surface area contributed by atoms with Gasteiger partial charge in [0.2, 0.25) is 0 Å². The molecule has 1 aliphatic rings. The van der Waals surface area contributed by atoms with Gasteiger partial charge in [-0.15, -0.1) is 0 Å². The van der Waals surface area contributed by atoms with Gasteiger partial charge in [-0.3, -0.25) is 4.90 Å². The van der Waals surface area contributed by atoms with Gasteiger partial charge in [0.25, 0.3) is 0 Å². The number of aryl methyl sites for hydroxylation is 1. The Morgan fingerprint density at radius 2 is 2.17 bits per heavy atom. The average molecular weight is 315 g/mol. The van der Waals surface area contributed by atoms with Gasteiger partial charge in [-0.2, -0.15) is 0 Å². The molecule has 0 aromatic heterocycles. The van der Waals surface area contributed by atoms with Crippen LogP contribution >= 0.6 is 15.9 Å². The molecule has 1 fully saturated rings. The van der Waals surface area contributed by atoms with Crippen LogP contribution < -0.4 is 5.73 Å². The van der Waals surface area contributed by atoms with Crippen molar-refractivity contribution in [3.63, 3.8) is 0 Å². The molecule has 2 atom stereocenters. The maximum absolute atomic E-state index is 14.4. The highest BCUT2D eigenvalue weighted by Gasteiger charge is 2.33. The lowest BCUT2D eigenvalue weighted by Gasteiger charge is -2.23. The van der Waals surface area contributed by atoms with Crippen molar-refractivity contribution in [1.29, 1.82) is 0 Å². The van der Waals surface area contributed by atoms with E-state index in [0.717, 1.165) is 28.6 Å². The van der Waals surface area contributed by atoms with Crippen LogP contribution in [0.25, 0.3) is 0 Å². The van der Waals surface area contributed by atoms with Crippen LogP contribution in [0.4, 0.5) is 4.39 Å². The number of nitrogens with zero attached hydrogens (tertiary/aromatic N) is 1. The predicted molar refractivity (Wildman–Crippen MR) is 76.1 cm³/mol. The molecule has 0 spiro atoms. The van der Waals surface area contributed by atoms with E-state index in [1.165, 1.54) is 0 Å². The number of benzene rings is 1. The molecular weight excluding hydrogens is 295 g/mol. The summed E-state index contributed by atoms with van der Waals surface area (Å²) in [6.45, 7) is 5.42. The summed E-state index contributed by atoms with van der Waals surface area (Å²) in [6, 6.07) is 2.00. The monoisotopic (exact) mass is 314 g/mol. The van der Waals surface area contributed by atoms with Crippen LogP contribution in [0.5, 0.6) is 0 Å². The molecule has 0 aliphatic carbocycles. The fraction of sp³-hybridized carbons (Fsp3) is 0.571. The number of halogens is 2. The van der Waals surface area contributed by atoms with Crippen LogP contribution in [-0.4, -0.2) is 25.0 Å². The summed E-state index contributed by atoms with van der Waals surface area (Å²) in [5.74, 6) is 0.406. The van der Waals surface area contributed by atoms with Gasteiger partial charge in [-0.05, 0) is 57.0 Å². The van der Waals surface area contributed by atoms with Crippen molar-refractivity contribution < 1.29 is 4.39 Å². The number of hydrogen-bond donors (Lipinski definition) is 1. The molecular formula is C14H20BrFN2. The normalized spacial score (nSPS) is 24.8. The van der Waals surface area contributed by atoms with E-state index < -0.39 is 0 Å². The smallest absolute Gasteiger partial charge is 0.131 e. The number of rotatable bonds is 2.